The highest BCUT2D eigenvalue weighted by molar-refractivity contribution is 6.33. The highest BCUT2D eigenvalue weighted by atomic mass is 35.5. The van der Waals surface area contributed by atoms with Crippen LogP contribution in [0.2, 0.25) is 5.15 Å². The molecule has 0 bridgehead atoms. The van der Waals surface area contributed by atoms with Gasteiger partial charge in [-0.15, -0.1) is 0 Å². The van der Waals surface area contributed by atoms with Gasteiger partial charge in [0.25, 0.3) is 5.91 Å². The van der Waals surface area contributed by atoms with E-state index in [1.807, 2.05) is 0 Å². The molecule has 0 aliphatic carbocycles. The molecule has 21 heavy (non-hydrogen) atoms. The lowest BCUT2D eigenvalue weighted by molar-refractivity contribution is 0.102. The smallest absolute Gasteiger partial charge is 0.258 e. The molecule has 0 atom stereocenters. The first kappa shape index (κ1) is 13.3. The Morgan fingerprint density at radius 1 is 1.33 bits per heavy atom. The largest absolute Gasteiger partial charge is 0.399 e. The average Bonchev–Trinajstić information content (AvgIpc) is 2.86. The molecule has 0 aliphatic rings. The molecule has 4 N–H and O–H groups in total. The third-order valence-electron chi connectivity index (χ3n) is 2.65. The van der Waals surface area contributed by atoms with Crippen molar-refractivity contribution in [1.82, 2.24) is 19.9 Å². The summed E-state index contributed by atoms with van der Waals surface area (Å²) in [6, 6.07) is 3.51. The normalized spacial score (nSPS) is 10.8. The first-order chi connectivity index (χ1) is 10.0. The van der Waals surface area contributed by atoms with Crippen LogP contribution in [0.3, 0.4) is 0 Å². The Labute approximate surface area is 122 Å². The number of fused-ring (bicyclic) bond motifs is 1. The Morgan fingerprint density at radius 2 is 2.14 bits per heavy atom. The van der Waals surface area contributed by atoms with Crippen molar-refractivity contribution in [2.45, 2.75) is 0 Å². The molecular formula is C12H8ClFN6O. The van der Waals surface area contributed by atoms with Gasteiger partial charge in [-0.3, -0.25) is 10.1 Å². The van der Waals surface area contributed by atoms with Gasteiger partial charge in [0, 0.05) is 11.3 Å². The number of rotatable bonds is 2. The molecule has 0 spiro atoms. The van der Waals surface area contributed by atoms with Crippen molar-refractivity contribution in [2.24, 2.45) is 0 Å². The van der Waals surface area contributed by atoms with Crippen LogP contribution in [-0.2, 0) is 0 Å². The number of nitrogens with one attached hydrogen (secondary N) is 2. The van der Waals surface area contributed by atoms with Gasteiger partial charge in [0.1, 0.15) is 11.3 Å². The molecule has 3 rings (SSSR count). The fourth-order valence-corrected chi connectivity index (χ4v) is 1.99. The zero-order valence-electron chi connectivity index (χ0n) is 10.4. The van der Waals surface area contributed by atoms with Gasteiger partial charge in [0.2, 0.25) is 5.95 Å². The second-order valence-electron chi connectivity index (χ2n) is 4.17. The number of H-pyrrole nitrogens is 1. The van der Waals surface area contributed by atoms with E-state index in [9.17, 15) is 9.18 Å². The highest BCUT2D eigenvalue weighted by Gasteiger charge is 2.13. The van der Waals surface area contributed by atoms with Gasteiger partial charge in [0.15, 0.2) is 10.8 Å². The molecule has 1 aromatic carbocycles. The average molecular weight is 307 g/mol. The fourth-order valence-electron chi connectivity index (χ4n) is 1.77. The third kappa shape index (κ3) is 2.61. The molecule has 2 aromatic heterocycles. The minimum absolute atomic E-state index is 0.0348. The maximum Gasteiger partial charge on any atom is 0.258 e. The summed E-state index contributed by atoms with van der Waals surface area (Å²) in [7, 11) is 0. The summed E-state index contributed by atoms with van der Waals surface area (Å²) in [5.74, 6) is -1.25. The molecule has 3 aromatic rings. The number of hydrogen-bond acceptors (Lipinski definition) is 5. The van der Waals surface area contributed by atoms with Crippen molar-refractivity contribution in [3.8, 4) is 0 Å². The van der Waals surface area contributed by atoms with Crippen LogP contribution in [0.5, 0.6) is 0 Å². The number of carbonyl (C=O) groups excluding carboxylic acids is 1. The Morgan fingerprint density at radius 3 is 2.90 bits per heavy atom. The topological polar surface area (TPSA) is 110 Å². The van der Waals surface area contributed by atoms with Crippen LogP contribution >= 0.6 is 11.6 Å². The monoisotopic (exact) mass is 306 g/mol. The molecule has 9 heteroatoms. The number of aromatic amines is 1. The molecule has 0 saturated carbocycles. The van der Waals surface area contributed by atoms with Crippen molar-refractivity contribution in [3.05, 3.63) is 41.1 Å². The fraction of sp³-hybridized carbons (Fsp3) is 0. The minimum Gasteiger partial charge on any atom is -0.399 e. The quantitative estimate of drug-likeness (QED) is 0.495. The van der Waals surface area contributed by atoms with Crippen LogP contribution in [0.25, 0.3) is 11.2 Å². The van der Waals surface area contributed by atoms with Gasteiger partial charge < -0.3 is 10.7 Å². The number of benzene rings is 1. The Hall–Kier alpha value is -2.74. The van der Waals surface area contributed by atoms with Crippen LogP contribution in [0.1, 0.15) is 10.4 Å². The minimum atomic E-state index is -0.609. The first-order valence-corrected chi connectivity index (χ1v) is 6.15. The van der Waals surface area contributed by atoms with E-state index in [2.05, 4.69) is 25.3 Å². The zero-order valence-corrected chi connectivity index (χ0v) is 11.1. The lowest BCUT2D eigenvalue weighted by Gasteiger charge is -2.05. The lowest BCUT2D eigenvalue weighted by atomic mass is 10.2. The van der Waals surface area contributed by atoms with Crippen molar-refractivity contribution in [3.63, 3.8) is 0 Å². The van der Waals surface area contributed by atoms with E-state index in [1.54, 1.807) is 0 Å². The number of imidazole rings is 1. The Kier molecular flexibility index (Phi) is 3.15. The summed E-state index contributed by atoms with van der Waals surface area (Å²) < 4.78 is 13.2. The predicted octanol–water partition coefficient (Wildman–Crippen LogP) is 1.98. The molecule has 1 amide bonds. The van der Waals surface area contributed by atoms with Crippen LogP contribution < -0.4 is 11.1 Å². The van der Waals surface area contributed by atoms with Crippen molar-refractivity contribution < 1.29 is 9.18 Å². The van der Waals surface area contributed by atoms with E-state index in [-0.39, 0.29) is 22.4 Å². The summed E-state index contributed by atoms with van der Waals surface area (Å²) in [5, 5.41) is 2.53. The number of nitrogen functional groups attached to an aromatic ring is 1. The van der Waals surface area contributed by atoms with Gasteiger partial charge in [0.05, 0.1) is 6.33 Å². The van der Waals surface area contributed by atoms with E-state index in [0.717, 1.165) is 12.1 Å². The van der Waals surface area contributed by atoms with Gasteiger partial charge in [-0.2, -0.15) is 9.97 Å². The van der Waals surface area contributed by atoms with Gasteiger partial charge in [-0.05, 0) is 18.2 Å². The summed E-state index contributed by atoms with van der Waals surface area (Å²) in [6.45, 7) is 0. The zero-order chi connectivity index (χ0) is 15.0. The van der Waals surface area contributed by atoms with E-state index in [0.29, 0.717) is 11.2 Å². The third-order valence-corrected chi connectivity index (χ3v) is 2.92. The van der Waals surface area contributed by atoms with Crippen molar-refractivity contribution in [1.29, 1.82) is 0 Å². The number of nitrogens with two attached hydrogens (primary N) is 1. The molecule has 0 aliphatic heterocycles. The molecule has 0 fully saturated rings. The van der Waals surface area contributed by atoms with Crippen molar-refractivity contribution in [2.75, 3.05) is 11.1 Å². The van der Waals surface area contributed by atoms with Crippen LogP contribution in [0.4, 0.5) is 16.0 Å². The molecule has 106 valence electrons. The molecular weight excluding hydrogens is 299 g/mol. The summed E-state index contributed by atoms with van der Waals surface area (Å²) in [4.78, 5) is 26.6. The summed E-state index contributed by atoms with van der Waals surface area (Å²) in [6.07, 6.45) is 1.41. The second kappa shape index (κ2) is 4.98. The lowest BCUT2D eigenvalue weighted by Crippen LogP contribution is -2.15. The van der Waals surface area contributed by atoms with E-state index in [1.165, 1.54) is 12.4 Å². The summed E-state index contributed by atoms with van der Waals surface area (Å²) >= 11 is 5.93. The number of amides is 1. The maximum atomic E-state index is 13.2. The van der Waals surface area contributed by atoms with E-state index >= 15 is 0 Å². The molecule has 2 heterocycles. The van der Waals surface area contributed by atoms with Gasteiger partial charge in [-0.25, -0.2) is 9.37 Å². The first-order valence-electron chi connectivity index (χ1n) is 5.77. The standard InChI is InChI=1S/C12H8ClFN6O/c13-9-8-10(17-4-16-8)19-12(18-9)20-11(21)5-1-6(14)3-7(15)2-5/h1-4H,15H2,(H2,16,17,18,19,20,21). The number of halogens is 2. The van der Waals surface area contributed by atoms with Crippen LogP contribution in [0, 0.1) is 5.82 Å². The number of nitrogens with zero attached hydrogens (tertiary/aromatic N) is 3. The molecule has 0 unspecified atom stereocenters. The van der Waals surface area contributed by atoms with Crippen LogP contribution in [0.15, 0.2) is 24.5 Å². The van der Waals surface area contributed by atoms with E-state index < -0.39 is 11.7 Å². The summed E-state index contributed by atoms with van der Waals surface area (Å²) in [5.41, 5.74) is 6.45. The Bertz CT molecular complexity index is 829. The molecule has 0 saturated heterocycles. The SMILES string of the molecule is Nc1cc(F)cc(C(=O)Nc2nc(Cl)c3[nH]cnc3n2)c1. The number of hydrogen-bond donors (Lipinski definition) is 3. The van der Waals surface area contributed by atoms with Crippen molar-refractivity contribution >= 4 is 40.3 Å². The highest BCUT2D eigenvalue weighted by Crippen LogP contribution is 2.19. The number of aromatic nitrogens is 4. The second-order valence-corrected chi connectivity index (χ2v) is 4.52. The molecule has 7 nitrogen and oxygen atoms in total. The van der Waals surface area contributed by atoms with E-state index in [4.69, 9.17) is 17.3 Å². The maximum absolute atomic E-state index is 13.2. The molecule has 0 radical (unpaired) electrons. The predicted molar refractivity (Wildman–Crippen MR) is 75.5 cm³/mol. The van der Waals surface area contributed by atoms with Crippen LogP contribution in [-0.4, -0.2) is 25.8 Å². The van der Waals surface area contributed by atoms with Gasteiger partial charge >= 0.3 is 0 Å². The van der Waals surface area contributed by atoms with Gasteiger partial charge in [-0.1, -0.05) is 11.6 Å². The Balaban J connectivity index is 1.92. The number of carbonyl (C=O) groups is 1. The number of anilines is 2.